The van der Waals surface area contributed by atoms with Crippen molar-refractivity contribution in [2.45, 2.75) is 6.92 Å². The summed E-state index contributed by atoms with van der Waals surface area (Å²) >= 11 is 0. The van der Waals surface area contributed by atoms with Gasteiger partial charge in [-0.15, -0.1) is 0 Å². The summed E-state index contributed by atoms with van der Waals surface area (Å²) in [5.74, 6) is -0.674. The highest BCUT2D eigenvalue weighted by Crippen LogP contribution is 1.81. The van der Waals surface area contributed by atoms with Gasteiger partial charge >= 0.3 is 5.97 Å². The Morgan fingerprint density at radius 3 is 2.70 bits per heavy atom. The van der Waals surface area contributed by atoms with Crippen LogP contribution in [0.1, 0.15) is 6.92 Å². The van der Waals surface area contributed by atoms with Crippen LogP contribution < -0.4 is 5.73 Å². The van der Waals surface area contributed by atoms with E-state index in [1.54, 1.807) is 6.92 Å². The van der Waals surface area contributed by atoms with Gasteiger partial charge in [0.2, 0.25) is 0 Å². The van der Waals surface area contributed by atoms with E-state index in [-0.39, 0.29) is 18.9 Å². The maximum Gasteiger partial charge on any atom is 0.357 e. The predicted molar refractivity (Wildman–Crippen MR) is 34.9 cm³/mol. The van der Waals surface area contributed by atoms with Gasteiger partial charge in [-0.25, -0.2) is 4.79 Å². The summed E-state index contributed by atoms with van der Waals surface area (Å²) in [6, 6.07) is 0. The number of carbonyl (C=O) groups is 1. The third kappa shape index (κ3) is 2.45. The highest BCUT2D eigenvalue weighted by Gasteiger charge is 2.09. The van der Waals surface area contributed by atoms with Crippen LogP contribution in [0.15, 0.2) is 5.16 Å². The van der Waals surface area contributed by atoms with Crippen LogP contribution in [0, 0.1) is 0 Å². The Bertz CT molecular complexity index is 144. The summed E-state index contributed by atoms with van der Waals surface area (Å²) in [4.78, 5) is 10.6. The first-order valence-corrected chi connectivity index (χ1v) is 2.84. The molecule has 58 valence electrons. The number of esters is 1. The lowest BCUT2D eigenvalue weighted by atomic mass is 10.4. The van der Waals surface area contributed by atoms with Crippen molar-refractivity contribution in [2.75, 3.05) is 13.2 Å². The van der Waals surface area contributed by atoms with Crippen molar-refractivity contribution in [1.29, 1.82) is 0 Å². The average Bonchev–Trinajstić information content (AvgIpc) is 1.91. The van der Waals surface area contributed by atoms with Crippen LogP contribution in [-0.2, 0) is 9.53 Å². The fraction of sp³-hybridized carbons (Fsp3) is 0.600. The van der Waals surface area contributed by atoms with E-state index in [1.807, 2.05) is 0 Å². The number of rotatable bonds is 3. The Morgan fingerprint density at radius 1 is 1.80 bits per heavy atom. The van der Waals surface area contributed by atoms with Crippen LogP contribution in [-0.4, -0.2) is 30.0 Å². The molecule has 0 aliphatic carbocycles. The fourth-order valence-corrected chi connectivity index (χ4v) is 0.379. The maximum atomic E-state index is 10.6. The second-order valence-electron chi connectivity index (χ2n) is 1.47. The molecule has 0 aliphatic rings. The van der Waals surface area contributed by atoms with E-state index in [4.69, 9.17) is 10.9 Å². The molecule has 0 saturated heterocycles. The zero-order chi connectivity index (χ0) is 7.98. The quantitative estimate of drug-likeness (QED) is 0.239. The first-order chi connectivity index (χ1) is 4.76. The van der Waals surface area contributed by atoms with Crippen molar-refractivity contribution >= 4 is 11.7 Å². The zero-order valence-electron chi connectivity index (χ0n) is 5.70. The first kappa shape index (κ1) is 8.90. The molecule has 0 amide bonds. The van der Waals surface area contributed by atoms with Crippen LogP contribution >= 0.6 is 0 Å². The van der Waals surface area contributed by atoms with Crippen LogP contribution in [0.2, 0.25) is 0 Å². The summed E-state index contributed by atoms with van der Waals surface area (Å²) in [5, 5.41) is 10.8. The van der Waals surface area contributed by atoms with Gasteiger partial charge < -0.3 is 15.7 Å². The number of nitrogens with zero attached hydrogens (tertiary/aromatic N) is 1. The Morgan fingerprint density at radius 2 is 2.40 bits per heavy atom. The molecule has 0 aromatic rings. The van der Waals surface area contributed by atoms with Crippen molar-refractivity contribution < 1.29 is 14.7 Å². The summed E-state index contributed by atoms with van der Waals surface area (Å²) in [5.41, 5.74) is 4.86. The highest BCUT2D eigenvalue weighted by atomic mass is 16.5. The monoisotopic (exact) mass is 146 g/mol. The molecule has 0 unspecified atom stereocenters. The molecular weight excluding hydrogens is 136 g/mol. The molecule has 0 radical (unpaired) electrons. The SMILES string of the molecule is CCOC(=O)/C(CN)=N\O. The van der Waals surface area contributed by atoms with Gasteiger partial charge in [-0.2, -0.15) is 0 Å². The highest BCUT2D eigenvalue weighted by molar-refractivity contribution is 6.37. The van der Waals surface area contributed by atoms with E-state index < -0.39 is 5.97 Å². The summed E-state index contributed by atoms with van der Waals surface area (Å²) in [6.07, 6.45) is 0. The number of oxime groups is 1. The smallest absolute Gasteiger partial charge is 0.357 e. The number of carbonyl (C=O) groups excluding carboxylic acids is 1. The van der Waals surface area contributed by atoms with Crippen molar-refractivity contribution in [3.63, 3.8) is 0 Å². The van der Waals surface area contributed by atoms with Crippen molar-refractivity contribution in [3.05, 3.63) is 0 Å². The molecule has 0 fully saturated rings. The Labute approximate surface area is 58.5 Å². The molecule has 0 heterocycles. The Kier molecular flexibility index (Phi) is 4.23. The van der Waals surface area contributed by atoms with Gasteiger partial charge in [0, 0.05) is 6.54 Å². The minimum Gasteiger partial charge on any atom is -0.461 e. The van der Waals surface area contributed by atoms with Crippen LogP contribution in [0.3, 0.4) is 0 Å². The minimum absolute atomic E-state index is 0.116. The minimum atomic E-state index is -0.674. The van der Waals surface area contributed by atoms with E-state index in [0.29, 0.717) is 0 Å². The summed E-state index contributed by atoms with van der Waals surface area (Å²) in [6.45, 7) is 1.79. The lowest BCUT2D eigenvalue weighted by molar-refractivity contribution is -0.135. The van der Waals surface area contributed by atoms with Crippen LogP contribution in [0.4, 0.5) is 0 Å². The molecule has 10 heavy (non-hydrogen) atoms. The van der Waals surface area contributed by atoms with Gasteiger partial charge in [0.1, 0.15) is 0 Å². The molecule has 0 aliphatic heterocycles. The van der Waals surface area contributed by atoms with E-state index in [1.165, 1.54) is 0 Å². The molecule has 0 atom stereocenters. The van der Waals surface area contributed by atoms with E-state index in [9.17, 15) is 4.79 Å². The lowest BCUT2D eigenvalue weighted by Gasteiger charge is -1.99. The molecule has 0 bridgehead atoms. The standard InChI is InChI=1S/C5H10N2O3/c1-2-10-5(8)4(3-6)7-9/h9H,2-3,6H2,1H3/b7-4-. The lowest BCUT2D eigenvalue weighted by Crippen LogP contribution is -2.25. The van der Waals surface area contributed by atoms with Gasteiger partial charge in [0.05, 0.1) is 6.61 Å². The Balaban J connectivity index is 3.91. The van der Waals surface area contributed by atoms with Crippen molar-refractivity contribution in [2.24, 2.45) is 10.9 Å². The van der Waals surface area contributed by atoms with E-state index >= 15 is 0 Å². The number of ether oxygens (including phenoxy) is 1. The molecule has 0 spiro atoms. The normalized spacial score (nSPS) is 11.2. The second kappa shape index (κ2) is 4.75. The van der Waals surface area contributed by atoms with Crippen LogP contribution in [0.5, 0.6) is 0 Å². The summed E-state index contributed by atoms with van der Waals surface area (Å²) < 4.78 is 4.48. The number of hydrogen-bond acceptors (Lipinski definition) is 5. The van der Waals surface area contributed by atoms with Crippen molar-refractivity contribution in [3.8, 4) is 0 Å². The zero-order valence-corrected chi connectivity index (χ0v) is 5.70. The third-order valence-corrected chi connectivity index (χ3v) is 0.825. The molecule has 0 saturated carbocycles. The number of hydrogen-bond donors (Lipinski definition) is 2. The fourth-order valence-electron chi connectivity index (χ4n) is 0.379. The molecule has 0 rings (SSSR count). The van der Waals surface area contributed by atoms with Gasteiger partial charge in [-0.05, 0) is 6.92 Å². The Hall–Kier alpha value is -1.10. The first-order valence-electron chi connectivity index (χ1n) is 2.84. The number of nitrogens with two attached hydrogens (primary N) is 1. The van der Waals surface area contributed by atoms with E-state index in [0.717, 1.165) is 0 Å². The largest absolute Gasteiger partial charge is 0.461 e. The van der Waals surface area contributed by atoms with Gasteiger partial charge in [-0.3, -0.25) is 0 Å². The second-order valence-corrected chi connectivity index (χ2v) is 1.47. The maximum absolute atomic E-state index is 10.6. The average molecular weight is 146 g/mol. The molecular formula is C5H10N2O3. The van der Waals surface area contributed by atoms with Crippen molar-refractivity contribution in [1.82, 2.24) is 0 Å². The molecule has 0 aromatic heterocycles. The van der Waals surface area contributed by atoms with Gasteiger partial charge in [-0.1, -0.05) is 5.16 Å². The van der Waals surface area contributed by atoms with Crippen LogP contribution in [0.25, 0.3) is 0 Å². The molecule has 3 N–H and O–H groups in total. The van der Waals surface area contributed by atoms with Gasteiger partial charge in [0.15, 0.2) is 5.71 Å². The topological polar surface area (TPSA) is 84.9 Å². The molecule has 5 heteroatoms. The van der Waals surface area contributed by atoms with Gasteiger partial charge in [0.25, 0.3) is 0 Å². The predicted octanol–water partition coefficient (Wildman–Crippen LogP) is -0.662. The summed E-state index contributed by atoms with van der Waals surface area (Å²) in [7, 11) is 0. The van der Waals surface area contributed by atoms with E-state index in [2.05, 4.69) is 9.89 Å². The molecule has 5 nitrogen and oxygen atoms in total. The molecule has 0 aromatic carbocycles. The third-order valence-electron chi connectivity index (χ3n) is 0.825.